The average molecular weight is 473 g/mol. The van der Waals surface area contributed by atoms with Gasteiger partial charge in [-0.25, -0.2) is 4.79 Å². The summed E-state index contributed by atoms with van der Waals surface area (Å²) in [5, 5.41) is 6.30. The predicted octanol–water partition coefficient (Wildman–Crippen LogP) is 3.85. The molecule has 7 heteroatoms. The molecule has 2 saturated heterocycles. The summed E-state index contributed by atoms with van der Waals surface area (Å²) in [6, 6.07) is 22.5. The van der Waals surface area contributed by atoms with E-state index in [1.807, 2.05) is 72.8 Å². The van der Waals surface area contributed by atoms with Gasteiger partial charge in [0.15, 0.2) is 5.54 Å². The maximum Gasteiger partial charge on any atom is 0.325 e. The van der Waals surface area contributed by atoms with Gasteiger partial charge >= 0.3 is 6.03 Å². The zero-order valence-corrected chi connectivity index (χ0v) is 19.9. The van der Waals surface area contributed by atoms with Gasteiger partial charge in [-0.3, -0.25) is 14.6 Å². The molecule has 0 bridgehead atoms. The van der Waals surface area contributed by atoms with Gasteiger partial charge in [-0.1, -0.05) is 67.1 Å². The van der Waals surface area contributed by atoms with E-state index in [1.165, 1.54) is 24.2 Å². The number of urea groups is 1. The molecular formula is C28H32N4O3. The largest absolute Gasteiger partial charge is 0.463 e. The first-order chi connectivity index (χ1) is 17.2. The molecule has 182 valence electrons. The summed E-state index contributed by atoms with van der Waals surface area (Å²) in [4.78, 5) is 30.4. The molecule has 2 aliphatic rings. The number of piperidine rings is 1. The Balaban J connectivity index is 1.21. The molecule has 0 aliphatic carbocycles. The maximum atomic E-state index is 13.7. The highest BCUT2D eigenvalue weighted by Crippen LogP contribution is 2.35. The second-order valence-corrected chi connectivity index (χ2v) is 9.25. The zero-order chi connectivity index (χ0) is 24.1. The van der Waals surface area contributed by atoms with Gasteiger partial charge in [0.1, 0.15) is 11.5 Å². The van der Waals surface area contributed by atoms with E-state index < -0.39 is 5.54 Å². The fraction of sp³-hybridized carbons (Fsp3) is 0.357. The number of furan rings is 1. The Hall–Kier alpha value is -3.42. The van der Waals surface area contributed by atoms with E-state index in [0.717, 1.165) is 42.3 Å². The lowest BCUT2D eigenvalue weighted by atomic mass is 9.82. The number of likely N-dealkylation sites (tertiary alicyclic amines) is 1. The van der Waals surface area contributed by atoms with Crippen molar-refractivity contribution in [2.24, 2.45) is 0 Å². The Bertz CT molecular complexity index is 1100. The molecule has 2 aliphatic heterocycles. The normalized spacial score (nSPS) is 18.1. The van der Waals surface area contributed by atoms with Crippen LogP contribution in [0.4, 0.5) is 4.79 Å². The van der Waals surface area contributed by atoms with Gasteiger partial charge in [-0.05, 0) is 49.2 Å². The Labute approximate surface area is 206 Å². The average Bonchev–Trinajstić information content (AvgIpc) is 3.45. The zero-order valence-electron chi connectivity index (χ0n) is 19.9. The van der Waals surface area contributed by atoms with Crippen LogP contribution < -0.4 is 10.6 Å². The number of nitrogens with zero attached hydrogens (tertiary/aromatic N) is 2. The number of hydrogen-bond acceptors (Lipinski definition) is 5. The Morgan fingerprint density at radius 2 is 1.46 bits per heavy atom. The Morgan fingerprint density at radius 1 is 0.829 bits per heavy atom. The van der Waals surface area contributed by atoms with Crippen molar-refractivity contribution >= 4 is 11.9 Å². The fourth-order valence-corrected chi connectivity index (χ4v) is 5.06. The fourth-order valence-electron chi connectivity index (χ4n) is 5.06. The van der Waals surface area contributed by atoms with Crippen LogP contribution in [0.25, 0.3) is 0 Å². The van der Waals surface area contributed by atoms with E-state index in [1.54, 1.807) is 0 Å². The molecule has 2 aromatic carbocycles. The molecule has 5 rings (SSSR count). The Kier molecular flexibility index (Phi) is 6.97. The highest BCUT2D eigenvalue weighted by molar-refractivity contribution is 6.09. The van der Waals surface area contributed by atoms with Crippen LogP contribution in [0.15, 0.2) is 77.2 Å². The number of hydrogen-bond donors (Lipinski definition) is 2. The van der Waals surface area contributed by atoms with Crippen LogP contribution in [0.5, 0.6) is 0 Å². The molecule has 0 spiro atoms. The first-order valence-corrected chi connectivity index (χ1v) is 12.4. The van der Waals surface area contributed by atoms with E-state index in [9.17, 15) is 9.59 Å². The summed E-state index contributed by atoms with van der Waals surface area (Å²) in [5.74, 6) is 1.58. The van der Waals surface area contributed by atoms with Crippen molar-refractivity contribution in [1.29, 1.82) is 0 Å². The smallest absolute Gasteiger partial charge is 0.325 e. The molecule has 2 fully saturated rings. The number of imide groups is 1. The predicted molar refractivity (Wildman–Crippen MR) is 133 cm³/mol. The third kappa shape index (κ3) is 4.88. The van der Waals surface area contributed by atoms with Gasteiger partial charge in [-0.15, -0.1) is 0 Å². The number of amides is 3. The summed E-state index contributed by atoms with van der Waals surface area (Å²) in [5.41, 5.74) is 0.276. The van der Waals surface area contributed by atoms with Gasteiger partial charge in [-0.2, -0.15) is 0 Å². The molecule has 2 N–H and O–H groups in total. The molecule has 3 heterocycles. The van der Waals surface area contributed by atoms with Gasteiger partial charge in [0.2, 0.25) is 0 Å². The lowest BCUT2D eigenvalue weighted by Crippen LogP contribution is -2.45. The van der Waals surface area contributed by atoms with Crippen molar-refractivity contribution in [2.75, 3.05) is 26.2 Å². The molecule has 0 saturated carbocycles. The molecular weight excluding hydrogens is 440 g/mol. The Morgan fingerprint density at radius 3 is 2.11 bits per heavy atom. The first-order valence-electron chi connectivity index (χ1n) is 12.4. The third-order valence-electron chi connectivity index (χ3n) is 6.88. The van der Waals surface area contributed by atoms with Crippen molar-refractivity contribution in [3.05, 3.63) is 95.4 Å². The second-order valence-electron chi connectivity index (χ2n) is 9.25. The van der Waals surface area contributed by atoms with Gasteiger partial charge in [0, 0.05) is 13.1 Å². The van der Waals surface area contributed by atoms with E-state index in [4.69, 9.17) is 4.42 Å². The van der Waals surface area contributed by atoms with Crippen LogP contribution in [0, 0.1) is 0 Å². The SMILES string of the molecule is O=C1NC(c2ccccc2)(c2ccccc2)C(=O)N1CCNCc1ccc(CN2CCCCC2)o1. The lowest BCUT2D eigenvalue weighted by Gasteiger charge is -2.28. The van der Waals surface area contributed by atoms with Crippen LogP contribution in [-0.2, 0) is 23.4 Å². The minimum atomic E-state index is -1.22. The molecule has 0 unspecified atom stereocenters. The highest BCUT2D eigenvalue weighted by Gasteiger charge is 2.53. The van der Waals surface area contributed by atoms with Crippen molar-refractivity contribution < 1.29 is 14.0 Å². The number of rotatable bonds is 9. The van der Waals surface area contributed by atoms with E-state index >= 15 is 0 Å². The maximum absolute atomic E-state index is 13.7. The van der Waals surface area contributed by atoms with Crippen molar-refractivity contribution in [3.8, 4) is 0 Å². The van der Waals surface area contributed by atoms with Crippen LogP contribution >= 0.6 is 0 Å². The van der Waals surface area contributed by atoms with E-state index in [0.29, 0.717) is 13.1 Å². The molecule has 3 aromatic rings. The summed E-state index contributed by atoms with van der Waals surface area (Å²) in [6.45, 7) is 4.41. The third-order valence-corrected chi connectivity index (χ3v) is 6.88. The molecule has 0 atom stereocenters. The van der Waals surface area contributed by atoms with E-state index in [-0.39, 0.29) is 18.5 Å². The summed E-state index contributed by atoms with van der Waals surface area (Å²) < 4.78 is 5.99. The molecule has 0 radical (unpaired) electrons. The summed E-state index contributed by atoms with van der Waals surface area (Å²) in [6.07, 6.45) is 3.83. The molecule has 3 amide bonds. The van der Waals surface area contributed by atoms with Gasteiger partial charge in [0.25, 0.3) is 5.91 Å². The number of benzene rings is 2. The minimum absolute atomic E-state index is 0.261. The number of carbonyl (C=O) groups excluding carboxylic acids is 2. The van der Waals surface area contributed by atoms with Gasteiger partial charge in [0.05, 0.1) is 13.1 Å². The van der Waals surface area contributed by atoms with Crippen molar-refractivity contribution in [2.45, 2.75) is 37.9 Å². The van der Waals surface area contributed by atoms with Crippen LogP contribution in [0.3, 0.4) is 0 Å². The summed E-state index contributed by atoms with van der Waals surface area (Å²) >= 11 is 0. The second kappa shape index (κ2) is 10.5. The van der Waals surface area contributed by atoms with E-state index in [2.05, 4.69) is 15.5 Å². The van der Waals surface area contributed by atoms with Gasteiger partial charge < -0.3 is 15.1 Å². The number of carbonyl (C=O) groups is 2. The monoisotopic (exact) mass is 472 g/mol. The molecule has 35 heavy (non-hydrogen) atoms. The van der Waals surface area contributed by atoms with Crippen molar-refractivity contribution in [1.82, 2.24) is 20.4 Å². The number of nitrogens with one attached hydrogen (secondary N) is 2. The minimum Gasteiger partial charge on any atom is -0.463 e. The topological polar surface area (TPSA) is 77.8 Å². The molecule has 7 nitrogen and oxygen atoms in total. The van der Waals surface area contributed by atoms with Crippen LogP contribution in [0.1, 0.15) is 41.9 Å². The molecule has 1 aromatic heterocycles. The summed E-state index contributed by atoms with van der Waals surface area (Å²) in [7, 11) is 0. The first kappa shape index (κ1) is 23.3. The standard InChI is InChI=1S/C28H32N4O3/c33-26-28(22-10-4-1-5-11-22,23-12-6-2-7-13-23)30-27(34)32(26)19-16-29-20-24-14-15-25(35-24)21-31-17-8-3-9-18-31/h1-2,4-7,10-15,29H,3,8-9,16-21H2,(H,30,34). The lowest BCUT2D eigenvalue weighted by molar-refractivity contribution is -0.130. The van der Waals surface area contributed by atoms with Crippen LogP contribution in [0.2, 0.25) is 0 Å². The highest BCUT2D eigenvalue weighted by atomic mass is 16.3. The van der Waals surface area contributed by atoms with Crippen molar-refractivity contribution in [3.63, 3.8) is 0 Å². The quantitative estimate of drug-likeness (QED) is 0.365. The van der Waals surface area contributed by atoms with Crippen LogP contribution in [-0.4, -0.2) is 47.9 Å².